The molecule has 4 fully saturated rings. The third-order valence-corrected chi connectivity index (χ3v) is 10.4. The van der Waals surface area contributed by atoms with Crippen molar-refractivity contribution in [1.29, 1.82) is 0 Å². The molecule has 4 rings (SSSR count). The van der Waals surface area contributed by atoms with E-state index in [4.69, 9.17) is 44.3 Å². The molecule has 24 nitrogen and oxygen atoms in total. The van der Waals surface area contributed by atoms with Crippen molar-refractivity contribution in [3.05, 3.63) is 0 Å². The molecule has 0 aliphatic carbocycles. The van der Waals surface area contributed by atoms with Crippen LogP contribution < -0.4 is 26.2 Å². The van der Waals surface area contributed by atoms with Crippen LogP contribution in [0.4, 0.5) is 0 Å². The number of carboxylic acid groups (broad SMARTS) is 2. The van der Waals surface area contributed by atoms with Crippen LogP contribution in [0.5, 0.6) is 0 Å². The summed E-state index contributed by atoms with van der Waals surface area (Å²) in [6, 6.07) is -2.57. The predicted octanol–water partition coefficient (Wildman–Crippen LogP) is -10.2. The molecule has 0 aromatic heterocycles. The first kappa shape index (κ1) is 47.8. The van der Waals surface area contributed by atoms with Crippen LogP contribution in [0.1, 0.15) is 6.92 Å². The van der Waals surface area contributed by atoms with Gasteiger partial charge in [0, 0.05) is 25.5 Å². The number of carbonyl (C=O) groups is 4. The van der Waals surface area contributed by atoms with Crippen LogP contribution in [0.25, 0.3) is 0 Å². The number of nitrogens with one attached hydrogen (secondary N) is 3. The first-order valence-corrected chi connectivity index (χ1v) is 18.3. The number of hydrogen-bond acceptors (Lipinski definition) is 24. The Labute approximate surface area is 331 Å². The first-order chi connectivity index (χ1) is 27.6. The fourth-order valence-corrected chi connectivity index (χ4v) is 7.25. The molecule has 0 saturated carbocycles. The van der Waals surface area contributed by atoms with Gasteiger partial charge in [0.2, 0.25) is 0 Å². The zero-order chi connectivity index (χ0) is 42.8. The van der Waals surface area contributed by atoms with Gasteiger partial charge in [-0.1, -0.05) is 12.8 Å². The van der Waals surface area contributed by atoms with Crippen LogP contribution in [0.3, 0.4) is 0 Å². The average Bonchev–Trinajstić information content (AvgIpc) is 3.20. The smallest absolute Gasteiger partial charge is 0.187 e. The summed E-state index contributed by atoms with van der Waals surface area (Å²) in [5.74, 6) is -4.13. The summed E-state index contributed by atoms with van der Waals surface area (Å²) in [6.07, 6.45) is -21.0. The lowest BCUT2D eigenvalue weighted by molar-refractivity contribution is -0.368. The molecule has 58 heavy (non-hydrogen) atoms. The van der Waals surface area contributed by atoms with Gasteiger partial charge in [-0.15, -0.1) is 6.42 Å². The maximum absolute atomic E-state index is 12.5. The van der Waals surface area contributed by atoms with Gasteiger partial charge in [-0.05, 0) is 0 Å². The van der Waals surface area contributed by atoms with E-state index in [-0.39, 0.29) is 19.6 Å². The van der Waals surface area contributed by atoms with E-state index in [1.54, 1.807) is 0 Å². The third kappa shape index (κ3) is 10.9. The molecule has 330 valence electrons. The molecule has 0 bridgehead atoms. The number of terminal acetylenes is 1. The predicted molar refractivity (Wildman–Crippen MR) is 181 cm³/mol. The van der Waals surface area contributed by atoms with Gasteiger partial charge in [-0.2, -0.15) is 0 Å². The fraction of sp³-hybridized carbons (Fsp3) is 0.824. The van der Waals surface area contributed by atoms with Crippen molar-refractivity contribution < 1.29 is 103 Å². The van der Waals surface area contributed by atoms with Crippen LogP contribution in [0, 0.1) is 24.2 Å². The lowest BCUT2D eigenvalue weighted by Crippen LogP contribution is -2.69. The Bertz CT molecular complexity index is 1390. The number of rotatable bonds is 20. The third-order valence-electron chi connectivity index (χ3n) is 10.4. The number of carboxylic acids is 2. The molecule has 4 aliphatic heterocycles. The molecule has 4 heterocycles. The van der Waals surface area contributed by atoms with Gasteiger partial charge in [0.05, 0.1) is 69.1 Å². The van der Waals surface area contributed by atoms with Crippen molar-refractivity contribution in [1.82, 2.24) is 16.0 Å². The standard InChI is InChI=1S/C34H53N3O21/c1-4-5-35-10-15-21(43)28(58-33-23(45)19(41)13(2)25(55-33)29(47)48)18(37-7-9-39)32(53-15)52-12-14-20(42)24(46)34(56-26(14)30(49)50)57-27-17(36-6-8-38)31(51-3)54-16(11-40)22(27)44/h1,8-9,13-28,31-37,40-46H,5-7,10-12H2,2-3H3,(H,47,48)(H,49,50)/p-2. The number of aldehydes is 2. The Balaban J connectivity index is 1.59. The molecule has 0 spiro atoms. The van der Waals surface area contributed by atoms with E-state index in [2.05, 4.69) is 21.9 Å². The quantitative estimate of drug-likeness (QED) is 0.0309. The summed E-state index contributed by atoms with van der Waals surface area (Å²) >= 11 is 0. The molecule has 4 saturated heterocycles. The van der Waals surface area contributed by atoms with E-state index >= 15 is 0 Å². The van der Waals surface area contributed by atoms with E-state index in [9.17, 15) is 65.1 Å². The second kappa shape index (κ2) is 22.1. The van der Waals surface area contributed by atoms with E-state index in [1.807, 2.05) is 0 Å². The lowest BCUT2D eigenvalue weighted by Gasteiger charge is -2.49. The minimum atomic E-state index is -2.10. The van der Waals surface area contributed by atoms with E-state index < -0.39 is 154 Å². The molecular formula is C34H51N3O21-2. The number of carbonyl (C=O) groups excluding carboxylic acids is 4. The molecule has 20 unspecified atom stereocenters. The Hall–Kier alpha value is -2.88. The van der Waals surface area contributed by atoms with Crippen LogP contribution in [-0.2, 0) is 57.1 Å². The molecule has 0 aromatic rings. The molecule has 20 atom stereocenters. The Morgan fingerprint density at radius 1 is 0.741 bits per heavy atom. The van der Waals surface area contributed by atoms with Crippen LogP contribution in [0.2, 0.25) is 0 Å². The first-order valence-electron chi connectivity index (χ1n) is 18.3. The van der Waals surface area contributed by atoms with E-state index in [0.29, 0.717) is 12.6 Å². The minimum Gasteiger partial charge on any atom is -0.547 e. The molecule has 10 N–H and O–H groups in total. The second-order valence-electron chi connectivity index (χ2n) is 14.0. The molecular weight excluding hydrogens is 786 g/mol. The van der Waals surface area contributed by atoms with Gasteiger partial charge in [0.25, 0.3) is 0 Å². The van der Waals surface area contributed by atoms with Crippen molar-refractivity contribution in [2.75, 3.05) is 46.5 Å². The average molecular weight is 838 g/mol. The van der Waals surface area contributed by atoms with Gasteiger partial charge in [0.1, 0.15) is 73.6 Å². The zero-order valence-corrected chi connectivity index (χ0v) is 31.4. The maximum atomic E-state index is 12.5. The number of aliphatic hydroxyl groups is 7. The van der Waals surface area contributed by atoms with Crippen molar-refractivity contribution >= 4 is 24.5 Å². The van der Waals surface area contributed by atoms with Gasteiger partial charge in [0.15, 0.2) is 25.2 Å². The van der Waals surface area contributed by atoms with Crippen LogP contribution in [0.15, 0.2) is 0 Å². The highest BCUT2D eigenvalue weighted by molar-refractivity contribution is 5.71. The van der Waals surface area contributed by atoms with Crippen LogP contribution in [-0.4, -0.2) is 217 Å². The summed E-state index contributed by atoms with van der Waals surface area (Å²) in [7, 11) is 1.22. The minimum absolute atomic E-state index is 0.0100. The van der Waals surface area contributed by atoms with Crippen molar-refractivity contribution in [2.45, 2.75) is 117 Å². The van der Waals surface area contributed by atoms with E-state index in [0.717, 1.165) is 0 Å². The monoisotopic (exact) mass is 837 g/mol. The zero-order valence-electron chi connectivity index (χ0n) is 31.4. The molecule has 4 aliphatic rings. The van der Waals surface area contributed by atoms with E-state index in [1.165, 1.54) is 14.0 Å². The normalized spacial score (nSPS) is 43.2. The largest absolute Gasteiger partial charge is 0.547 e. The highest BCUT2D eigenvalue weighted by Gasteiger charge is 2.54. The van der Waals surface area contributed by atoms with Crippen molar-refractivity contribution in [3.8, 4) is 12.3 Å². The maximum Gasteiger partial charge on any atom is 0.187 e. The highest BCUT2D eigenvalue weighted by atomic mass is 16.7. The fourth-order valence-electron chi connectivity index (χ4n) is 7.25. The SMILES string of the molecule is C#CCNCC1OC(OCC2C(C(=O)[O-])OC(OC3C(O)C(CO)OC(OC)C3NCC=O)C(O)C2O)C(NCC=O)C(OC2OC(C(=O)[O-])C(C)C(O)C2O)C1O. The van der Waals surface area contributed by atoms with Crippen molar-refractivity contribution in [2.24, 2.45) is 11.8 Å². The van der Waals surface area contributed by atoms with Crippen molar-refractivity contribution in [3.63, 3.8) is 0 Å². The number of hydrogen-bond donors (Lipinski definition) is 10. The van der Waals surface area contributed by atoms with Gasteiger partial charge in [-0.25, -0.2) is 0 Å². The van der Waals surface area contributed by atoms with Gasteiger partial charge >= 0.3 is 0 Å². The summed E-state index contributed by atoms with van der Waals surface area (Å²) in [4.78, 5) is 46.9. The molecule has 24 heteroatoms. The molecule has 0 aromatic carbocycles. The number of aliphatic carboxylic acids is 2. The Kier molecular flexibility index (Phi) is 18.2. The Morgan fingerprint density at radius 2 is 1.26 bits per heavy atom. The lowest BCUT2D eigenvalue weighted by atomic mass is 9.89. The summed E-state index contributed by atoms with van der Waals surface area (Å²) in [5, 5.41) is 108. The molecule has 0 radical (unpaired) electrons. The Morgan fingerprint density at radius 3 is 1.78 bits per heavy atom. The summed E-state index contributed by atoms with van der Waals surface area (Å²) < 4.78 is 45.3. The van der Waals surface area contributed by atoms with Gasteiger partial charge in [-0.3, -0.25) is 0 Å². The number of methoxy groups -OCH3 is 1. The summed E-state index contributed by atoms with van der Waals surface area (Å²) in [5.41, 5.74) is 0. The molecule has 0 amide bonds. The number of aliphatic hydroxyl groups excluding tert-OH is 7. The highest BCUT2D eigenvalue weighted by Crippen LogP contribution is 2.35. The summed E-state index contributed by atoms with van der Waals surface area (Å²) in [6.45, 7) is -1.19. The van der Waals surface area contributed by atoms with Crippen LogP contribution >= 0.6 is 0 Å². The number of ether oxygens (including phenoxy) is 8. The topological polar surface area (TPSA) is 366 Å². The van der Waals surface area contributed by atoms with Gasteiger partial charge < -0.3 is 119 Å². The second-order valence-corrected chi connectivity index (χ2v) is 14.0.